The highest BCUT2D eigenvalue weighted by Gasteiger charge is 2.49. The number of hydrogen-bond acceptors (Lipinski definition) is 3. The van der Waals surface area contributed by atoms with Crippen LogP contribution in [0.15, 0.2) is 12.2 Å². The summed E-state index contributed by atoms with van der Waals surface area (Å²) in [5.74, 6) is 3.05. The van der Waals surface area contributed by atoms with Crippen LogP contribution in [0.2, 0.25) is 0 Å². The Kier molecular flexibility index (Phi) is 4.01. The minimum Gasteiger partial charge on any atom is -0.446 e. The summed E-state index contributed by atoms with van der Waals surface area (Å²) in [6.45, 7) is 2.43. The molecule has 3 N–H and O–H groups in total. The van der Waals surface area contributed by atoms with E-state index in [4.69, 9.17) is 10.5 Å². The fraction of sp³-hybridized carbons (Fsp3) is 0.812. The van der Waals surface area contributed by atoms with E-state index in [2.05, 4.69) is 5.32 Å². The molecule has 20 heavy (non-hydrogen) atoms. The van der Waals surface area contributed by atoms with Gasteiger partial charge in [0.1, 0.15) is 6.10 Å². The predicted molar refractivity (Wildman–Crippen MR) is 78.1 cm³/mol. The molecule has 0 aromatic carbocycles. The highest BCUT2D eigenvalue weighted by molar-refractivity contribution is 5.68. The van der Waals surface area contributed by atoms with Crippen molar-refractivity contribution in [1.29, 1.82) is 0 Å². The van der Waals surface area contributed by atoms with E-state index in [1.54, 1.807) is 0 Å². The molecule has 0 unspecified atom stereocenters. The van der Waals surface area contributed by atoms with E-state index in [-0.39, 0.29) is 18.2 Å². The zero-order chi connectivity index (χ0) is 14.1. The molecule has 4 saturated carbocycles. The van der Waals surface area contributed by atoms with Gasteiger partial charge in [-0.05, 0) is 62.7 Å². The number of nitrogens with two attached hydrogens (primary N) is 1. The highest BCUT2D eigenvalue weighted by atomic mass is 16.6. The summed E-state index contributed by atoms with van der Waals surface area (Å²) < 4.78 is 5.76. The van der Waals surface area contributed by atoms with Gasteiger partial charge < -0.3 is 15.8 Å². The van der Waals surface area contributed by atoms with Crippen molar-refractivity contribution < 1.29 is 9.53 Å². The molecule has 1 atom stereocenters. The number of nitrogens with one attached hydrogen (secondary N) is 1. The zero-order valence-electron chi connectivity index (χ0n) is 12.3. The lowest BCUT2D eigenvalue weighted by Gasteiger charge is -2.53. The van der Waals surface area contributed by atoms with Crippen LogP contribution in [0.4, 0.5) is 4.79 Å². The predicted octanol–water partition coefficient (Wildman–Crippen LogP) is 2.44. The van der Waals surface area contributed by atoms with E-state index in [0.717, 1.165) is 11.8 Å². The first-order chi connectivity index (χ1) is 9.65. The molecule has 4 fully saturated rings. The van der Waals surface area contributed by atoms with Crippen LogP contribution in [0, 0.1) is 23.7 Å². The minimum absolute atomic E-state index is 0.0251. The maximum atomic E-state index is 12.0. The summed E-state index contributed by atoms with van der Waals surface area (Å²) in [7, 11) is 0. The summed E-state index contributed by atoms with van der Waals surface area (Å²) >= 11 is 0. The Morgan fingerprint density at radius 2 is 1.85 bits per heavy atom. The smallest absolute Gasteiger partial charge is 0.407 e. The van der Waals surface area contributed by atoms with Gasteiger partial charge in [0.25, 0.3) is 0 Å². The molecule has 4 aliphatic carbocycles. The van der Waals surface area contributed by atoms with Crippen LogP contribution in [0.1, 0.15) is 39.0 Å². The third-order valence-corrected chi connectivity index (χ3v) is 5.29. The largest absolute Gasteiger partial charge is 0.446 e. The third kappa shape index (κ3) is 2.85. The van der Waals surface area contributed by atoms with E-state index in [9.17, 15) is 4.79 Å². The van der Waals surface area contributed by atoms with Crippen molar-refractivity contribution in [3.05, 3.63) is 12.2 Å². The molecular formula is C16H26N2O2. The zero-order valence-corrected chi connectivity index (χ0v) is 12.3. The number of ether oxygens (including phenoxy) is 1. The second kappa shape index (κ2) is 5.76. The van der Waals surface area contributed by atoms with Crippen LogP contribution in [0.25, 0.3) is 0 Å². The van der Waals surface area contributed by atoms with Gasteiger partial charge >= 0.3 is 6.09 Å². The van der Waals surface area contributed by atoms with E-state index in [1.807, 2.05) is 19.1 Å². The van der Waals surface area contributed by atoms with Gasteiger partial charge in [0.05, 0.1) is 0 Å². The van der Waals surface area contributed by atoms with Crippen molar-refractivity contribution in [2.24, 2.45) is 29.4 Å². The molecule has 112 valence electrons. The van der Waals surface area contributed by atoms with Crippen molar-refractivity contribution in [1.82, 2.24) is 5.32 Å². The lowest BCUT2D eigenvalue weighted by molar-refractivity contribution is -0.0962. The quantitative estimate of drug-likeness (QED) is 0.776. The molecule has 4 heteroatoms. The van der Waals surface area contributed by atoms with E-state index in [1.165, 1.54) is 32.1 Å². The van der Waals surface area contributed by atoms with Crippen LogP contribution >= 0.6 is 0 Å². The summed E-state index contributed by atoms with van der Waals surface area (Å²) in [4.78, 5) is 12.0. The Morgan fingerprint density at radius 3 is 2.40 bits per heavy atom. The molecule has 1 amide bonds. The Bertz CT molecular complexity index is 366. The van der Waals surface area contributed by atoms with Gasteiger partial charge in [-0.3, -0.25) is 0 Å². The maximum Gasteiger partial charge on any atom is 0.407 e. The number of hydrogen-bond donors (Lipinski definition) is 2. The SMILES string of the molecule is C[C@H](/C=C/CN)NC(=O)OC1C2CC3CC(C2)CC1C3. The molecular weight excluding hydrogens is 252 g/mol. The first-order valence-corrected chi connectivity index (χ1v) is 7.99. The van der Waals surface area contributed by atoms with Crippen molar-refractivity contribution in [3.8, 4) is 0 Å². The average Bonchev–Trinajstić information content (AvgIpc) is 2.39. The molecule has 0 aromatic heterocycles. The number of amides is 1. The van der Waals surface area contributed by atoms with Gasteiger partial charge in [0, 0.05) is 12.6 Å². The number of rotatable bonds is 4. The van der Waals surface area contributed by atoms with Crippen LogP contribution < -0.4 is 11.1 Å². The molecule has 0 saturated heterocycles. The van der Waals surface area contributed by atoms with Crippen molar-refractivity contribution in [3.63, 3.8) is 0 Å². The lowest BCUT2D eigenvalue weighted by Crippen LogP contribution is -2.51. The topological polar surface area (TPSA) is 64.3 Å². The van der Waals surface area contributed by atoms with E-state index >= 15 is 0 Å². The summed E-state index contributed by atoms with van der Waals surface area (Å²) in [6, 6.07) is -0.0251. The molecule has 4 bridgehead atoms. The maximum absolute atomic E-state index is 12.0. The molecule has 0 heterocycles. The molecule has 0 aromatic rings. The summed E-state index contributed by atoms with van der Waals surface area (Å²) in [5.41, 5.74) is 5.41. The molecule has 4 nitrogen and oxygen atoms in total. The second-order valence-corrected chi connectivity index (χ2v) is 6.90. The van der Waals surface area contributed by atoms with Gasteiger partial charge in [-0.25, -0.2) is 4.79 Å². The van der Waals surface area contributed by atoms with Crippen LogP contribution in [-0.2, 0) is 4.74 Å². The Hall–Kier alpha value is -1.03. The number of alkyl carbamates (subject to hydrolysis) is 1. The normalized spacial score (nSPS) is 40.0. The molecule has 4 aliphatic rings. The Balaban J connectivity index is 1.53. The van der Waals surface area contributed by atoms with Crippen molar-refractivity contribution >= 4 is 6.09 Å². The Labute approximate surface area is 121 Å². The van der Waals surface area contributed by atoms with Gasteiger partial charge in [-0.2, -0.15) is 0 Å². The highest BCUT2D eigenvalue weighted by Crippen LogP contribution is 2.54. The monoisotopic (exact) mass is 278 g/mol. The first kappa shape index (κ1) is 13.9. The van der Waals surface area contributed by atoms with Gasteiger partial charge in [-0.1, -0.05) is 12.2 Å². The van der Waals surface area contributed by atoms with Crippen LogP contribution in [0.3, 0.4) is 0 Å². The first-order valence-electron chi connectivity index (χ1n) is 7.99. The van der Waals surface area contributed by atoms with Crippen LogP contribution in [0.5, 0.6) is 0 Å². The molecule has 0 radical (unpaired) electrons. The lowest BCUT2D eigenvalue weighted by atomic mass is 9.55. The average molecular weight is 278 g/mol. The summed E-state index contributed by atoms with van der Waals surface area (Å²) in [5, 5.41) is 2.87. The van der Waals surface area contributed by atoms with E-state index < -0.39 is 0 Å². The van der Waals surface area contributed by atoms with Crippen molar-refractivity contribution in [2.75, 3.05) is 6.54 Å². The minimum atomic E-state index is -0.267. The van der Waals surface area contributed by atoms with E-state index in [0.29, 0.717) is 18.4 Å². The Morgan fingerprint density at radius 1 is 1.25 bits per heavy atom. The number of carbonyl (C=O) groups excluding carboxylic acids is 1. The van der Waals surface area contributed by atoms with Gasteiger partial charge in [0.2, 0.25) is 0 Å². The second-order valence-electron chi connectivity index (χ2n) is 6.90. The fourth-order valence-corrected chi connectivity index (χ4v) is 4.74. The standard InChI is InChI=1S/C16H26N2O2/c1-10(3-2-4-17)18-16(19)20-15-13-6-11-5-12(8-13)9-14(15)7-11/h2-3,10-15H,4-9,17H2,1H3,(H,18,19)/b3-2+/t10-,11?,12?,13?,14?,15?/m1/s1. The number of carbonyl (C=O) groups is 1. The molecule has 0 aliphatic heterocycles. The summed E-state index contributed by atoms with van der Waals surface area (Å²) in [6.07, 6.45) is 10.2. The molecule has 0 spiro atoms. The van der Waals surface area contributed by atoms with Crippen LogP contribution in [-0.4, -0.2) is 24.8 Å². The fourth-order valence-electron chi connectivity index (χ4n) is 4.74. The van der Waals surface area contributed by atoms with Gasteiger partial charge in [0.15, 0.2) is 0 Å². The third-order valence-electron chi connectivity index (χ3n) is 5.29. The molecule has 4 rings (SSSR count). The van der Waals surface area contributed by atoms with Gasteiger partial charge in [-0.15, -0.1) is 0 Å². The van der Waals surface area contributed by atoms with Crippen molar-refractivity contribution in [2.45, 2.75) is 51.2 Å².